The minimum atomic E-state index is -1.84. The van der Waals surface area contributed by atoms with Gasteiger partial charge in [0.2, 0.25) is 0 Å². The quantitative estimate of drug-likeness (QED) is 0.471. The topological polar surface area (TPSA) is 26.3 Å². The average molecular weight is 285 g/mol. The second-order valence-electron chi connectivity index (χ2n) is 5.03. The van der Waals surface area contributed by atoms with Gasteiger partial charge in [0.15, 0.2) is 0 Å². The van der Waals surface area contributed by atoms with Crippen LogP contribution in [0.3, 0.4) is 0 Å². The zero-order valence-corrected chi connectivity index (χ0v) is 13.3. The molecule has 1 atom stereocenters. The molecule has 0 saturated carbocycles. The third kappa shape index (κ3) is 3.36. The number of alkyl halides is 1. The van der Waals surface area contributed by atoms with Gasteiger partial charge in [0.1, 0.15) is 0 Å². The van der Waals surface area contributed by atoms with Gasteiger partial charge in [0.05, 0.1) is 20.2 Å². The predicted octanol–water partition coefficient (Wildman–Crippen LogP) is 3.29. The summed E-state index contributed by atoms with van der Waals surface area (Å²) in [6, 6.07) is 8.27. The lowest BCUT2D eigenvalue weighted by atomic mass is 10.2. The number of rotatable bonds is 5. The van der Waals surface area contributed by atoms with Gasteiger partial charge in [-0.1, -0.05) is 49.5 Å². The third-order valence-electron chi connectivity index (χ3n) is 3.57. The molecule has 0 radical (unpaired) electrons. The Morgan fingerprint density at radius 2 is 1.89 bits per heavy atom. The minimum absolute atomic E-state index is 0.0423. The lowest BCUT2D eigenvalue weighted by molar-refractivity contribution is -0.142. The molecule has 2 nitrogen and oxygen atoms in total. The van der Waals surface area contributed by atoms with Crippen molar-refractivity contribution in [2.24, 2.45) is 0 Å². The monoisotopic (exact) mass is 284 g/mol. The Morgan fingerprint density at radius 1 is 1.33 bits per heavy atom. The van der Waals surface area contributed by atoms with E-state index in [2.05, 4.69) is 25.2 Å². The zero-order chi connectivity index (χ0) is 13.8. The van der Waals surface area contributed by atoms with E-state index in [1.54, 1.807) is 0 Å². The summed E-state index contributed by atoms with van der Waals surface area (Å²) in [6.07, 6.45) is 0. The highest BCUT2D eigenvalue weighted by molar-refractivity contribution is 6.93. The number of hydrogen-bond acceptors (Lipinski definition) is 2. The molecule has 1 aromatic carbocycles. The number of halogens is 1. The first-order chi connectivity index (χ1) is 8.43. The normalized spacial score (nSPS) is 13.2. The Balaban J connectivity index is 2.93. The van der Waals surface area contributed by atoms with E-state index in [0.717, 1.165) is 5.56 Å². The van der Waals surface area contributed by atoms with Crippen molar-refractivity contribution in [1.29, 1.82) is 0 Å². The van der Waals surface area contributed by atoms with Crippen LogP contribution in [0, 0.1) is 0 Å². The van der Waals surface area contributed by atoms with E-state index in [1.165, 1.54) is 5.19 Å². The summed E-state index contributed by atoms with van der Waals surface area (Å²) in [5.41, 5.74) is 1.06. The molecule has 0 aromatic heterocycles. The van der Waals surface area contributed by atoms with Gasteiger partial charge in [0.25, 0.3) is 0 Å². The summed E-state index contributed by atoms with van der Waals surface area (Å²) < 4.78 is 5.13. The summed E-state index contributed by atoms with van der Waals surface area (Å²) in [5.74, 6) is 0.436. The molecule has 100 valence electrons. The van der Waals surface area contributed by atoms with E-state index >= 15 is 0 Å². The number of benzene rings is 1. The summed E-state index contributed by atoms with van der Waals surface area (Å²) in [4.78, 5) is 11.9. The van der Waals surface area contributed by atoms with Crippen LogP contribution in [-0.4, -0.2) is 20.7 Å². The molecule has 0 aliphatic carbocycles. The molecule has 18 heavy (non-hydrogen) atoms. The predicted molar refractivity (Wildman–Crippen MR) is 79.2 cm³/mol. The molecule has 4 heteroatoms. The number of carbonyl (C=O) groups is 1. The van der Waals surface area contributed by atoms with Crippen LogP contribution >= 0.6 is 11.6 Å². The molecular weight excluding hydrogens is 264 g/mol. The van der Waals surface area contributed by atoms with Crippen molar-refractivity contribution >= 4 is 30.8 Å². The SMILES string of the molecule is CCOC(=O)[C@H](C)[Si](C)(C)c1ccc(CCl)cc1. The van der Waals surface area contributed by atoms with Crippen LogP contribution in [0.5, 0.6) is 0 Å². The molecule has 0 unspecified atom stereocenters. The van der Waals surface area contributed by atoms with E-state index in [4.69, 9.17) is 16.3 Å². The maximum absolute atomic E-state index is 11.9. The smallest absolute Gasteiger partial charge is 0.306 e. The van der Waals surface area contributed by atoms with Gasteiger partial charge in [-0.3, -0.25) is 4.79 Å². The Bertz CT molecular complexity index is 401. The first-order valence-electron chi connectivity index (χ1n) is 6.25. The molecule has 0 saturated heterocycles. The standard InChI is InChI=1S/C14H21ClO2Si/c1-5-17-14(16)11(2)18(3,4)13-8-6-12(10-15)7-9-13/h6-9,11H,5,10H2,1-4H3/t11-/m0/s1. The highest BCUT2D eigenvalue weighted by atomic mass is 35.5. The molecule has 0 amide bonds. The number of hydrogen-bond donors (Lipinski definition) is 0. The largest absolute Gasteiger partial charge is 0.466 e. The van der Waals surface area contributed by atoms with Gasteiger partial charge in [-0.05, 0) is 12.5 Å². The van der Waals surface area contributed by atoms with Crippen LogP contribution < -0.4 is 5.19 Å². The number of carbonyl (C=O) groups excluding carboxylic acids is 1. The van der Waals surface area contributed by atoms with Gasteiger partial charge >= 0.3 is 5.97 Å². The summed E-state index contributed by atoms with van der Waals surface area (Å²) in [7, 11) is -1.84. The molecule has 0 N–H and O–H groups in total. The van der Waals surface area contributed by atoms with Gasteiger partial charge in [-0.25, -0.2) is 0 Å². The molecule has 0 bridgehead atoms. The maximum atomic E-state index is 11.9. The van der Waals surface area contributed by atoms with Crippen LogP contribution in [0.1, 0.15) is 19.4 Å². The van der Waals surface area contributed by atoms with Crippen molar-refractivity contribution < 1.29 is 9.53 Å². The first kappa shape index (κ1) is 15.3. The van der Waals surface area contributed by atoms with Crippen LogP contribution in [-0.2, 0) is 15.4 Å². The summed E-state index contributed by atoms with van der Waals surface area (Å²) in [6.45, 7) is 8.65. The number of esters is 1. The molecular formula is C14H21ClO2Si. The lowest BCUT2D eigenvalue weighted by Crippen LogP contribution is -2.48. The van der Waals surface area contributed by atoms with Gasteiger partial charge in [-0.15, -0.1) is 11.6 Å². The second kappa shape index (κ2) is 6.39. The fourth-order valence-corrected chi connectivity index (χ4v) is 4.21. The maximum Gasteiger partial charge on any atom is 0.306 e. The van der Waals surface area contributed by atoms with Crippen molar-refractivity contribution in [3.63, 3.8) is 0 Å². The van der Waals surface area contributed by atoms with Crippen molar-refractivity contribution in [3.8, 4) is 0 Å². The molecule has 0 aliphatic heterocycles. The van der Waals surface area contributed by atoms with Crippen LogP contribution in [0.25, 0.3) is 0 Å². The van der Waals surface area contributed by atoms with Crippen molar-refractivity contribution in [3.05, 3.63) is 29.8 Å². The highest BCUT2D eigenvalue weighted by Crippen LogP contribution is 2.23. The Morgan fingerprint density at radius 3 is 2.33 bits per heavy atom. The van der Waals surface area contributed by atoms with Crippen molar-refractivity contribution in [2.45, 2.75) is 38.4 Å². The molecule has 0 fully saturated rings. The van der Waals surface area contributed by atoms with E-state index in [-0.39, 0.29) is 11.5 Å². The van der Waals surface area contributed by atoms with Gasteiger partial charge in [0, 0.05) is 5.88 Å². The van der Waals surface area contributed by atoms with Crippen LogP contribution in [0.4, 0.5) is 0 Å². The molecule has 0 spiro atoms. The minimum Gasteiger partial charge on any atom is -0.466 e. The second-order valence-corrected chi connectivity index (χ2v) is 10.2. The van der Waals surface area contributed by atoms with E-state index in [1.807, 2.05) is 26.0 Å². The molecule has 0 aliphatic rings. The van der Waals surface area contributed by atoms with Crippen LogP contribution in [0.2, 0.25) is 18.6 Å². The average Bonchev–Trinajstić information content (AvgIpc) is 2.38. The van der Waals surface area contributed by atoms with Crippen LogP contribution in [0.15, 0.2) is 24.3 Å². The third-order valence-corrected chi connectivity index (χ3v) is 8.11. The van der Waals surface area contributed by atoms with E-state index in [9.17, 15) is 4.79 Å². The van der Waals surface area contributed by atoms with Gasteiger partial charge < -0.3 is 4.74 Å². The first-order valence-corrected chi connectivity index (χ1v) is 9.86. The van der Waals surface area contributed by atoms with Crippen molar-refractivity contribution in [1.82, 2.24) is 0 Å². The lowest BCUT2D eigenvalue weighted by Gasteiger charge is -2.28. The van der Waals surface area contributed by atoms with Gasteiger partial charge in [-0.2, -0.15) is 0 Å². The Hall–Kier alpha value is -0.803. The fraction of sp³-hybridized carbons (Fsp3) is 0.500. The van der Waals surface area contributed by atoms with Crippen molar-refractivity contribution in [2.75, 3.05) is 6.61 Å². The summed E-state index contributed by atoms with van der Waals surface area (Å²) in [5, 5.41) is 1.26. The zero-order valence-electron chi connectivity index (χ0n) is 11.5. The Kier molecular flexibility index (Phi) is 5.41. The molecule has 1 aromatic rings. The Labute approximate surface area is 115 Å². The fourth-order valence-electron chi connectivity index (χ4n) is 1.84. The highest BCUT2D eigenvalue weighted by Gasteiger charge is 2.36. The molecule has 0 heterocycles. The summed E-state index contributed by atoms with van der Waals surface area (Å²) >= 11 is 5.78. The van der Waals surface area contributed by atoms with E-state index in [0.29, 0.717) is 12.5 Å². The van der Waals surface area contributed by atoms with E-state index < -0.39 is 8.07 Å². The molecule has 1 rings (SSSR count). The number of ether oxygens (including phenoxy) is 1.